The van der Waals surface area contributed by atoms with Crippen LogP contribution in [-0.4, -0.2) is 32.1 Å². The fourth-order valence-corrected chi connectivity index (χ4v) is 0.738. The Bertz CT molecular complexity index is 229. The van der Waals surface area contributed by atoms with Gasteiger partial charge in [-0.3, -0.25) is 4.79 Å². The summed E-state index contributed by atoms with van der Waals surface area (Å²) in [6.07, 6.45) is -2.48. The van der Waals surface area contributed by atoms with E-state index < -0.39 is 13.0 Å². The topological polar surface area (TPSA) is 62.1 Å². The molecule has 0 aliphatic rings. The van der Waals surface area contributed by atoms with Crippen LogP contribution in [-0.2, 0) is 9.53 Å². The maximum Gasteiger partial charge on any atom is 0.261 e. The van der Waals surface area contributed by atoms with Crippen LogP contribution >= 0.6 is 0 Å². The second kappa shape index (κ2) is 8.12. The van der Waals surface area contributed by atoms with Crippen molar-refractivity contribution in [2.45, 2.75) is 19.8 Å². The van der Waals surface area contributed by atoms with Gasteiger partial charge in [0.05, 0.1) is 18.6 Å². The van der Waals surface area contributed by atoms with E-state index >= 15 is 0 Å². The van der Waals surface area contributed by atoms with E-state index in [1.807, 2.05) is 6.07 Å². The van der Waals surface area contributed by atoms with Crippen molar-refractivity contribution in [3.8, 4) is 6.07 Å². The van der Waals surface area contributed by atoms with Crippen LogP contribution in [0.5, 0.6) is 0 Å². The number of carbonyl (C=O) groups excluding carboxylic acids is 1. The third-order valence-electron chi connectivity index (χ3n) is 1.54. The molecule has 15 heavy (non-hydrogen) atoms. The first-order valence-corrected chi connectivity index (χ1v) is 4.58. The highest BCUT2D eigenvalue weighted by Crippen LogP contribution is 1.94. The Morgan fingerprint density at radius 3 is 2.80 bits per heavy atom. The van der Waals surface area contributed by atoms with Gasteiger partial charge in [0.2, 0.25) is 5.91 Å². The first kappa shape index (κ1) is 13.8. The van der Waals surface area contributed by atoms with Gasteiger partial charge in [-0.2, -0.15) is 5.26 Å². The molecule has 0 rings (SSSR count). The molecule has 1 unspecified atom stereocenters. The smallest absolute Gasteiger partial charge is 0.261 e. The number of hydrogen-bond donors (Lipinski definition) is 1. The molecule has 0 aromatic heterocycles. The van der Waals surface area contributed by atoms with E-state index in [0.717, 1.165) is 0 Å². The highest BCUT2D eigenvalue weighted by atomic mass is 19.3. The van der Waals surface area contributed by atoms with Crippen LogP contribution in [0.1, 0.15) is 13.3 Å². The van der Waals surface area contributed by atoms with Crippen molar-refractivity contribution < 1.29 is 18.3 Å². The molecule has 1 atom stereocenters. The van der Waals surface area contributed by atoms with E-state index in [-0.39, 0.29) is 31.4 Å². The van der Waals surface area contributed by atoms with Crippen LogP contribution in [0, 0.1) is 17.2 Å². The van der Waals surface area contributed by atoms with Crippen LogP contribution in [0.25, 0.3) is 0 Å². The Balaban J connectivity index is 3.38. The lowest BCUT2D eigenvalue weighted by Gasteiger charge is -2.06. The Morgan fingerprint density at radius 2 is 2.27 bits per heavy atom. The minimum atomic E-state index is -2.51. The zero-order chi connectivity index (χ0) is 11.7. The summed E-state index contributed by atoms with van der Waals surface area (Å²) in [5, 5.41) is 10.9. The van der Waals surface area contributed by atoms with Gasteiger partial charge in [-0.1, -0.05) is 0 Å². The molecule has 0 aromatic carbocycles. The molecule has 0 aliphatic carbocycles. The van der Waals surface area contributed by atoms with Crippen LogP contribution in [0.3, 0.4) is 0 Å². The zero-order valence-electron chi connectivity index (χ0n) is 8.50. The van der Waals surface area contributed by atoms with Gasteiger partial charge in [0, 0.05) is 13.0 Å². The highest BCUT2D eigenvalue weighted by molar-refractivity contribution is 5.75. The number of alkyl halides is 2. The maximum absolute atomic E-state index is 11.6. The van der Waals surface area contributed by atoms with Crippen molar-refractivity contribution in [3.63, 3.8) is 0 Å². The molecule has 0 bridgehead atoms. The monoisotopic (exact) mass is 220 g/mol. The number of halogens is 2. The van der Waals surface area contributed by atoms with Gasteiger partial charge in [-0.15, -0.1) is 0 Å². The molecule has 0 radical (unpaired) electrons. The molecule has 4 nitrogen and oxygen atoms in total. The SMILES string of the molecule is CC(C#N)CNC(=O)CCOCC(F)F. The fourth-order valence-electron chi connectivity index (χ4n) is 0.738. The first-order valence-electron chi connectivity index (χ1n) is 4.58. The molecule has 1 amide bonds. The van der Waals surface area contributed by atoms with E-state index in [1.165, 1.54) is 0 Å². The Morgan fingerprint density at radius 1 is 1.60 bits per heavy atom. The van der Waals surface area contributed by atoms with E-state index in [1.54, 1.807) is 6.92 Å². The van der Waals surface area contributed by atoms with Crippen molar-refractivity contribution in [2.75, 3.05) is 19.8 Å². The van der Waals surface area contributed by atoms with Gasteiger partial charge in [-0.05, 0) is 6.92 Å². The second-order valence-corrected chi connectivity index (χ2v) is 3.05. The summed E-state index contributed by atoms with van der Waals surface area (Å²) in [7, 11) is 0. The molecule has 86 valence electrons. The minimum Gasteiger partial charge on any atom is -0.375 e. The van der Waals surface area contributed by atoms with E-state index in [0.29, 0.717) is 0 Å². The van der Waals surface area contributed by atoms with Crippen molar-refractivity contribution >= 4 is 5.91 Å². The second-order valence-electron chi connectivity index (χ2n) is 3.05. The predicted molar refractivity (Wildman–Crippen MR) is 49.2 cm³/mol. The number of hydrogen-bond acceptors (Lipinski definition) is 3. The number of rotatable bonds is 7. The molecule has 0 spiro atoms. The predicted octanol–water partition coefficient (Wildman–Crippen LogP) is 0.934. The quantitative estimate of drug-likeness (QED) is 0.649. The standard InChI is InChI=1S/C9H14F2N2O2/c1-7(4-12)5-13-9(14)2-3-15-6-8(10)11/h7-8H,2-3,5-6H2,1H3,(H,13,14). The number of nitrogens with one attached hydrogen (secondary N) is 1. The van der Waals surface area contributed by atoms with Crippen LogP contribution < -0.4 is 5.32 Å². The molecule has 6 heteroatoms. The van der Waals surface area contributed by atoms with Crippen molar-refractivity contribution in [3.05, 3.63) is 0 Å². The van der Waals surface area contributed by atoms with Gasteiger partial charge in [0.15, 0.2) is 0 Å². The van der Waals surface area contributed by atoms with Gasteiger partial charge in [0.1, 0.15) is 6.61 Å². The van der Waals surface area contributed by atoms with E-state index in [9.17, 15) is 13.6 Å². The van der Waals surface area contributed by atoms with E-state index in [2.05, 4.69) is 10.1 Å². The van der Waals surface area contributed by atoms with Gasteiger partial charge in [0.25, 0.3) is 6.43 Å². The molecule has 0 aromatic rings. The molecule has 0 heterocycles. The minimum absolute atomic E-state index is 0.0306. The molecule has 0 saturated carbocycles. The molecule has 1 N–H and O–H groups in total. The summed E-state index contributed by atoms with van der Waals surface area (Å²) in [6.45, 7) is 1.26. The number of nitriles is 1. The van der Waals surface area contributed by atoms with Crippen LogP contribution in [0.2, 0.25) is 0 Å². The molecular weight excluding hydrogens is 206 g/mol. The number of ether oxygens (including phenoxy) is 1. The number of carbonyl (C=O) groups is 1. The van der Waals surface area contributed by atoms with Crippen molar-refractivity contribution in [1.29, 1.82) is 5.26 Å². The first-order chi connectivity index (χ1) is 7.06. The van der Waals surface area contributed by atoms with Crippen LogP contribution in [0.4, 0.5) is 8.78 Å². The third kappa shape index (κ3) is 9.09. The summed E-state index contributed by atoms with van der Waals surface area (Å²) in [5.41, 5.74) is 0. The van der Waals surface area contributed by atoms with Gasteiger partial charge in [-0.25, -0.2) is 8.78 Å². The van der Waals surface area contributed by atoms with Gasteiger partial charge < -0.3 is 10.1 Å². The maximum atomic E-state index is 11.6. The van der Waals surface area contributed by atoms with E-state index in [4.69, 9.17) is 5.26 Å². The van der Waals surface area contributed by atoms with Gasteiger partial charge >= 0.3 is 0 Å². The van der Waals surface area contributed by atoms with Crippen molar-refractivity contribution in [2.24, 2.45) is 5.92 Å². The van der Waals surface area contributed by atoms with Crippen molar-refractivity contribution in [1.82, 2.24) is 5.32 Å². The summed E-state index contributed by atoms with van der Waals surface area (Å²) in [6, 6.07) is 1.96. The zero-order valence-corrected chi connectivity index (χ0v) is 8.50. The lowest BCUT2D eigenvalue weighted by atomic mass is 10.2. The number of amides is 1. The molecule has 0 saturated heterocycles. The Hall–Kier alpha value is -1.22. The average Bonchev–Trinajstić information content (AvgIpc) is 2.20. The fraction of sp³-hybridized carbons (Fsp3) is 0.778. The summed E-state index contributed by atoms with van der Waals surface area (Å²) in [4.78, 5) is 11.0. The Labute approximate surface area is 87.2 Å². The highest BCUT2D eigenvalue weighted by Gasteiger charge is 2.06. The summed E-state index contributed by atoms with van der Waals surface area (Å²) >= 11 is 0. The lowest BCUT2D eigenvalue weighted by Crippen LogP contribution is -2.28. The third-order valence-corrected chi connectivity index (χ3v) is 1.54. The number of nitrogens with zero attached hydrogens (tertiary/aromatic N) is 1. The normalized spacial score (nSPS) is 12.2. The lowest BCUT2D eigenvalue weighted by molar-refractivity contribution is -0.122. The average molecular weight is 220 g/mol. The molecular formula is C9H14F2N2O2. The summed E-state index contributed by atoms with van der Waals surface area (Å²) in [5.74, 6) is -0.553. The molecule has 0 fully saturated rings. The Kier molecular flexibility index (Phi) is 7.46. The van der Waals surface area contributed by atoms with Crippen LogP contribution in [0.15, 0.2) is 0 Å². The molecule has 0 aliphatic heterocycles. The summed E-state index contributed by atoms with van der Waals surface area (Å²) < 4.78 is 27.7. The largest absolute Gasteiger partial charge is 0.375 e.